The minimum Gasteiger partial charge on any atom is -0.507 e. The number of aliphatic imine (C=N–C) groups is 1. The summed E-state index contributed by atoms with van der Waals surface area (Å²) in [6, 6.07) is 9.05. The van der Waals surface area contributed by atoms with Crippen molar-refractivity contribution >= 4 is 38.9 Å². The first-order valence-electron chi connectivity index (χ1n) is 8.50. The lowest BCUT2D eigenvalue weighted by Crippen LogP contribution is -2.31. The first-order chi connectivity index (χ1) is 13.1. The number of halogens is 1. The van der Waals surface area contributed by atoms with Gasteiger partial charge in [0, 0.05) is 18.6 Å². The Balaban J connectivity index is 1.71. The number of guanidine groups is 1. The fraction of sp³-hybridized carbons (Fsp3) is 0.222. The van der Waals surface area contributed by atoms with Crippen LogP contribution in [0, 0.1) is 0 Å². The van der Waals surface area contributed by atoms with E-state index < -0.39 is 6.17 Å². The fourth-order valence-electron chi connectivity index (χ4n) is 3.33. The molecule has 0 bridgehead atoms. The second-order valence-electron chi connectivity index (χ2n) is 6.37. The second kappa shape index (κ2) is 6.05. The van der Waals surface area contributed by atoms with Crippen molar-refractivity contribution in [3.8, 4) is 17.2 Å². The number of nitrogens with zero attached hydrogens (tertiary/aromatic N) is 3. The Labute approximate surface area is 162 Å². The Morgan fingerprint density at radius 2 is 1.96 bits per heavy atom. The van der Waals surface area contributed by atoms with Crippen molar-refractivity contribution in [3.05, 3.63) is 40.4 Å². The lowest BCUT2D eigenvalue weighted by Gasteiger charge is -2.24. The highest BCUT2D eigenvalue weighted by Crippen LogP contribution is 2.39. The number of fused-ring (bicyclic) bond motifs is 4. The molecule has 27 heavy (non-hydrogen) atoms. The zero-order valence-corrected chi connectivity index (χ0v) is 15.7. The van der Waals surface area contributed by atoms with Gasteiger partial charge in [0.05, 0.1) is 28.7 Å². The van der Waals surface area contributed by atoms with Crippen LogP contribution >= 0.6 is 15.9 Å². The quantitative estimate of drug-likeness (QED) is 0.548. The van der Waals surface area contributed by atoms with E-state index in [1.54, 1.807) is 6.07 Å². The number of rotatable bonds is 1. The maximum absolute atomic E-state index is 9.81. The van der Waals surface area contributed by atoms with Crippen molar-refractivity contribution < 1.29 is 14.6 Å². The molecule has 0 saturated heterocycles. The second-order valence-corrected chi connectivity index (χ2v) is 7.22. The summed E-state index contributed by atoms with van der Waals surface area (Å²) in [4.78, 5) is 9.20. The third-order valence-corrected chi connectivity index (χ3v) is 5.21. The van der Waals surface area contributed by atoms with E-state index in [2.05, 4.69) is 31.2 Å². The molecule has 3 aromatic rings. The van der Waals surface area contributed by atoms with E-state index in [1.165, 1.54) is 0 Å². The van der Waals surface area contributed by atoms with Gasteiger partial charge in [0.1, 0.15) is 5.75 Å². The summed E-state index contributed by atoms with van der Waals surface area (Å²) < 4.78 is 14.1. The van der Waals surface area contributed by atoms with Crippen LogP contribution < -0.4 is 20.5 Å². The van der Waals surface area contributed by atoms with Crippen molar-refractivity contribution in [2.75, 3.05) is 18.5 Å². The molecular weight excluding hydrogens is 414 g/mol. The third-order valence-electron chi connectivity index (χ3n) is 4.57. The number of phenolic OH excluding ortho intramolecular Hbond substituents is 1. The number of imidazole rings is 1. The molecule has 0 aliphatic carbocycles. The molecule has 5 rings (SSSR count). The fourth-order valence-corrected chi connectivity index (χ4v) is 3.73. The maximum Gasteiger partial charge on any atom is 0.212 e. The Kier molecular flexibility index (Phi) is 3.64. The Morgan fingerprint density at radius 1 is 1.19 bits per heavy atom. The van der Waals surface area contributed by atoms with Crippen LogP contribution in [0.25, 0.3) is 11.0 Å². The van der Waals surface area contributed by atoms with Gasteiger partial charge in [-0.05, 0) is 33.6 Å². The largest absolute Gasteiger partial charge is 0.507 e. The SMILES string of the molecule is NC1=N[C@H](c2ccc(O)c(Br)c2)n2c(nc3cc4c(cc32)OCCCO4)N1. The van der Waals surface area contributed by atoms with Crippen molar-refractivity contribution in [2.45, 2.75) is 12.6 Å². The van der Waals surface area contributed by atoms with Gasteiger partial charge >= 0.3 is 0 Å². The highest BCUT2D eigenvalue weighted by atomic mass is 79.9. The third kappa shape index (κ3) is 2.66. The number of nitrogens with one attached hydrogen (secondary N) is 1. The van der Waals surface area contributed by atoms with Gasteiger partial charge < -0.3 is 20.3 Å². The molecule has 1 atom stereocenters. The molecule has 2 aliphatic rings. The lowest BCUT2D eigenvalue weighted by atomic mass is 10.1. The molecule has 2 aromatic carbocycles. The predicted molar refractivity (Wildman–Crippen MR) is 105 cm³/mol. The summed E-state index contributed by atoms with van der Waals surface area (Å²) in [5, 5.41) is 12.8. The van der Waals surface area contributed by atoms with Crippen LogP contribution in [0.2, 0.25) is 0 Å². The average Bonchev–Trinajstić information content (AvgIpc) is 2.83. The van der Waals surface area contributed by atoms with Gasteiger partial charge in [0.15, 0.2) is 23.6 Å². The Bertz CT molecular complexity index is 1090. The molecule has 8 nitrogen and oxygen atoms in total. The minimum absolute atomic E-state index is 0.163. The molecule has 0 radical (unpaired) electrons. The maximum atomic E-state index is 9.81. The summed E-state index contributed by atoms with van der Waals surface area (Å²) in [5.41, 5.74) is 8.46. The van der Waals surface area contributed by atoms with Crippen LogP contribution in [-0.2, 0) is 0 Å². The molecule has 0 fully saturated rings. The average molecular weight is 430 g/mol. The number of aromatic nitrogens is 2. The van der Waals surface area contributed by atoms with Gasteiger partial charge in [0.25, 0.3) is 0 Å². The monoisotopic (exact) mass is 429 g/mol. The highest BCUT2D eigenvalue weighted by Gasteiger charge is 2.27. The number of benzene rings is 2. The van der Waals surface area contributed by atoms with Crippen molar-refractivity contribution in [2.24, 2.45) is 10.7 Å². The number of aromatic hydroxyl groups is 1. The van der Waals surface area contributed by atoms with E-state index in [4.69, 9.17) is 15.2 Å². The van der Waals surface area contributed by atoms with Crippen LogP contribution in [0.3, 0.4) is 0 Å². The van der Waals surface area contributed by atoms with E-state index in [9.17, 15) is 5.11 Å². The zero-order valence-electron chi connectivity index (χ0n) is 14.1. The van der Waals surface area contributed by atoms with Gasteiger partial charge in [-0.3, -0.25) is 9.88 Å². The molecular formula is C18H16BrN5O3. The van der Waals surface area contributed by atoms with Crippen LogP contribution in [0.1, 0.15) is 18.2 Å². The number of nitrogens with two attached hydrogens (primary N) is 1. The van der Waals surface area contributed by atoms with Gasteiger partial charge in [0.2, 0.25) is 5.95 Å². The smallest absolute Gasteiger partial charge is 0.212 e. The van der Waals surface area contributed by atoms with Crippen LogP contribution in [0.4, 0.5) is 5.95 Å². The molecule has 4 N–H and O–H groups in total. The molecule has 0 saturated carbocycles. The predicted octanol–water partition coefficient (Wildman–Crippen LogP) is 2.95. The first-order valence-corrected chi connectivity index (χ1v) is 9.30. The van der Waals surface area contributed by atoms with Crippen molar-refractivity contribution in [1.82, 2.24) is 9.55 Å². The number of hydrogen-bond acceptors (Lipinski definition) is 7. The van der Waals surface area contributed by atoms with E-state index in [1.807, 2.05) is 28.8 Å². The van der Waals surface area contributed by atoms with Crippen LogP contribution in [-0.4, -0.2) is 33.8 Å². The van der Waals surface area contributed by atoms with Gasteiger partial charge in [-0.15, -0.1) is 0 Å². The number of hydrogen-bond donors (Lipinski definition) is 3. The Hall–Kier alpha value is -2.94. The van der Waals surface area contributed by atoms with E-state index in [0.717, 1.165) is 23.0 Å². The van der Waals surface area contributed by atoms with Crippen LogP contribution in [0.15, 0.2) is 39.8 Å². The molecule has 138 valence electrons. The number of ether oxygens (including phenoxy) is 2. The Morgan fingerprint density at radius 3 is 2.74 bits per heavy atom. The molecule has 9 heteroatoms. The van der Waals surface area contributed by atoms with Gasteiger partial charge in [-0.1, -0.05) is 6.07 Å². The zero-order chi connectivity index (χ0) is 18.5. The molecule has 0 unspecified atom stereocenters. The summed E-state index contributed by atoms with van der Waals surface area (Å²) >= 11 is 3.36. The number of anilines is 1. The summed E-state index contributed by atoms with van der Waals surface area (Å²) in [5.74, 6) is 2.41. The summed E-state index contributed by atoms with van der Waals surface area (Å²) in [6.45, 7) is 1.22. The molecule has 0 spiro atoms. The van der Waals surface area contributed by atoms with E-state index in [0.29, 0.717) is 35.1 Å². The molecule has 1 aromatic heterocycles. The molecule has 0 amide bonds. The highest BCUT2D eigenvalue weighted by molar-refractivity contribution is 9.10. The molecule has 2 aliphatic heterocycles. The topological polar surface area (TPSA) is 107 Å². The summed E-state index contributed by atoms with van der Waals surface area (Å²) in [6.07, 6.45) is 0.414. The number of phenols is 1. The van der Waals surface area contributed by atoms with Crippen molar-refractivity contribution in [1.29, 1.82) is 0 Å². The minimum atomic E-state index is -0.423. The lowest BCUT2D eigenvalue weighted by molar-refractivity contribution is 0.297. The normalized spacial score (nSPS) is 18.4. The van der Waals surface area contributed by atoms with Crippen molar-refractivity contribution in [3.63, 3.8) is 0 Å². The van der Waals surface area contributed by atoms with E-state index in [-0.39, 0.29) is 11.7 Å². The standard InChI is InChI=1S/C18H16BrN5O3/c19-10-6-9(2-3-13(10)25)16-22-17(20)23-18-21-11-7-14-15(8-12(11)24(16)18)27-5-1-4-26-14/h2-3,6-8,16,25H,1,4-5H2,(H3,20,21,22,23)/t16-/m0/s1. The van der Waals surface area contributed by atoms with Gasteiger partial charge in [-0.2, -0.15) is 0 Å². The van der Waals surface area contributed by atoms with Crippen LogP contribution in [0.5, 0.6) is 17.2 Å². The summed E-state index contributed by atoms with van der Waals surface area (Å²) in [7, 11) is 0. The van der Waals surface area contributed by atoms with Gasteiger partial charge in [-0.25, -0.2) is 9.98 Å². The first kappa shape index (κ1) is 16.2. The van der Waals surface area contributed by atoms with E-state index >= 15 is 0 Å². The molecule has 3 heterocycles.